The topological polar surface area (TPSA) is 59.1 Å². The van der Waals surface area contributed by atoms with Gasteiger partial charge in [0.05, 0.1) is 0 Å². The molecule has 0 aliphatic carbocycles. The number of sulfonamides is 1. The van der Waals surface area contributed by atoms with Crippen LogP contribution in [0.3, 0.4) is 0 Å². The van der Waals surface area contributed by atoms with Crippen molar-refractivity contribution in [2.45, 2.75) is 11.8 Å². The van der Waals surface area contributed by atoms with Crippen LogP contribution in [0.5, 0.6) is 0 Å². The highest BCUT2D eigenvalue weighted by molar-refractivity contribution is 7.92. The molecule has 1 heterocycles. The van der Waals surface area contributed by atoms with Crippen molar-refractivity contribution in [1.29, 1.82) is 0 Å². The highest BCUT2D eigenvalue weighted by Gasteiger charge is 2.20. The first-order valence-electron chi connectivity index (χ1n) is 5.29. The van der Waals surface area contributed by atoms with Gasteiger partial charge in [0, 0.05) is 12.3 Å². The molecule has 0 aliphatic rings. The standard InChI is InChI=1S/C12H10F2N2O2S/c1-8-4-5-15-12(6-8)16-19(17,18)11-3-2-9(13)7-10(11)14/h2-7H,1H3,(H,15,16). The minimum atomic E-state index is -4.13. The number of halogens is 2. The Kier molecular flexibility index (Phi) is 3.48. The van der Waals surface area contributed by atoms with Crippen LogP contribution in [-0.2, 0) is 10.0 Å². The summed E-state index contributed by atoms with van der Waals surface area (Å²) in [5.74, 6) is -1.92. The van der Waals surface area contributed by atoms with Crippen LogP contribution in [0.1, 0.15) is 5.56 Å². The molecule has 0 unspecified atom stereocenters. The van der Waals surface area contributed by atoms with E-state index >= 15 is 0 Å². The summed E-state index contributed by atoms with van der Waals surface area (Å²) in [7, 11) is -4.13. The molecule has 0 saturated heterocycles. The van der Waals surface area contributed by atoms with Crippen LogP contribution in [0.2, 0.25) is 0 Å². The molecule has 4 nitrogen and oxygen atoms in total. The Labute approximate surface area is 109 Å². The number of hydrogen-bond donors (Lipinski definition) is 1. The lowest BCUT2D eigenvalue weighted by Crippen LogP contribution is -2.15. The Morgan fingerprint density at radius 1 is 1.16 bits per heavy atom. The predicted molar refractivity (Wildman–Crippen MR) is 66.1 cm³/mol. The molecule has 0 bridgehead atoms. The monoisotopic (exact) mass is 284 g/mol. The number of pyridine rings is 1. The second kappa shape index (κ2) is 4.93. The molecule has 1 aromatic heterocycles. The van der Waals surface area contributed by atoms with E-state index < -0.39 is 26.6 Å². The molecular formula is C12H10F2N2O2S. The summed E-state index contributed by atoms with van der Waals surface area (Å²) in [6.07, 6.45) is 1.42. The van der Waals surface area contributed by atoms with Gasteiger partial charge >= 0.3 is 0 Å². The van der Waals surface area contributed by atoms with Crippen molar-refractivity contribution in [3.8, 4) is 0 Å². The normalized spacial score (nSPS) is 11.3. The van der Waals surface area contributed by atoms with E-state index in [1.54, 1.807) is 13.0 Å². The Bertz CT molecular complexity index is 717. The molecular weight excluding hydrogens is 274 g/mol. The molecule has 2 aromatic rings. The summed E-state index contributed by atoms with van der Waals surface area (Å²) in [5, 5.41) is 0. The van der Waals surface area contributed by atoms with Crippen molar-refractivity contribution in [3.63, 3.8) is 0 Å². The van der Waals surface area contributed by atoms with Crippen LogP contribution in [0.4, 0.5) is 14.6 Å². The minimum Gasteiger partial charge on any atom is -0.263 e. The lowest BCUT2D eigenvalue weighted by atomic mass is 10.3. The van der Waals surface area contributed by atoms with E-state index in [0.717, 1.165) is 17.7 Å². The molecule has 100 valence electrons. The van der Waals surface area contributed by atoms with Gasteiger partial charge in [-0.1, -0.05) is 0 Å². The number of anilines is 1. The van der Waals surface area contributed by atoms with Crippen LogP contribution >= 0.6 is 0 Å². The highest BCUT2D eigenvalue weighted by atomic mass is 32.2. The quantitative estimate of drug-likeness (QED) is 0.942. The second-order valence-electron chi connectivity index (χ2n) is 3.90. The predicted octanol–water partition coefficient (Wildman–Crippen LogP) is 2.47. The van der Waals surface area contributed by atoms with E-state index in [0.29, 0.717) is 6.07 Å². The van der Waals surface area contributed by atoms with Gasteiger partial charge in [0.15, 0.2) is 0 Å². The van der Waals surface area contributed by atoms with E-state index in [2.05, 4.69) is 9.71 Å². The summed E-state index contributed by atoms with van der Waals surface area (Å²) in [5.41, 5.74) is 0.798. The van der Waals surface area contributed by atoms with Crippen LogP contribution in [0.15, 0.2) is 41.4 Å². The van der Waals surface area contributed by atoms with E-state index in [4.69, 9.17) is 0 Å². The maximum Gasteiger partial charge on any atom is 0.265 e. The number of nitrogens with zero attached hydrogens (tertiary/aromatic N) is 1. The SMILES string of the molecule is Cc1ccnc(NS(=O)(=O)c2ccc(F)cc2F)c1. The largest absolute Gasteiger partial charge is 0.265 e. The number of aryl methyl sites for hydroxylation is 1. The lowest BCUT2D eigenvalue weighted by molar-refractivity contribution is 0.551. The molecule has 0 fully saturated rings. The number of hydrogen-bond acceptors (Lipinski definition) is 3. The van der Waals surface area contributed by atoms with E-state index in [1.165, 1.54) is 12.3 Å². The molecule has 0 spiro atoms. The summed E-state index contributed by atoms with van der Waals surface area (Å²) >= 11 is 0. The molecule has 7 heteroatoms. The molecule has 19 heavy (non-hydrogen) atoms. The van der Waals surface area contributed by atoms with Crippen molar-refractivity contribution in [1.82, 2.24) is 4.98 Å². The fourth-order valence-corrected chi connectivity index (χ4v) is 2.54. The smallest absolute Gasteiger partial charge is 0.263 e. The van der Waals surface area contributed by atoms with Gasteiger partial charge in [-0.2, -0.15) is 0 Å². The van der Waals surface area contributed by atoms with Crippen LogP contribution < -0.4 is 4.72 Å². The Morgan fingerprint density at radius 2 is 1.89 bits per heavy atom. The fourth-order valence-electron chi connectivity index (χ4n) is 1.48. The molecule has 0 radical (unpaired) electrons. The van der Waals surface area contributed by atoms with Crippen molar-refractivity contribution >= 4 is 15.8 Å². The third kappa shape index (κ3) is 3.05. The maximum atomic E-state index is 13.4. The third-order valence-electron chi connectivity index (χ3n) is 2.34. The van der Waals surface area contributed by atoms with Gasteiger partial charge in [-0.25, -0.2) is 22.2 Å². The summed E-state index contributed by atoms with van der Waals surface area (Å²) in [4.78, 5) is 3.18. The van der Waals surface area contributed by atoms with Crippen molar-refractivity contribution in [2.75, 3.05) is 4.72 Å². The molecule has 0 amide bonds. The van der Waals surface area contributed by atoms with Crippen LogP contribution in [0, 0.1) is 18.6 Å². The average Bonchev–Trinajstić information content (AvgIpc) is 2.27. The molecule has 2 rings (SSSR count). The summed E-state index contributed by atoms with van der Waals surface area (Å²) in [6, 6.07) is 5.44. The lowest BCUT2D eigenvalue weighted by Gasteiger charge is -2.08. The van der Waals surface area contributed by atoms with Gasteiger partial charge in [0.1, 0.15) is 22.3 Å². The van der Waals surface area contributed by atoms with Crippen LogP contribution in [0.25, 0.3) is 0 Å². The minimum absolute atomic E-state index is 0.0729. The zero-order valence-electron chi connectivity index (χ0n) is 9.89. The summed E-state index contributed by atoms with van der Waals surface area (Å²) in [6.45, 7) is 1.76. The first kappa shape index (κ1) is 13.4. The molecule has 1 N–H and O–H groups in total. The zero-order valence-corrected chi connectivity index (χ0v) is 10.7. The number of aromatic nitrogens is 1. The van der Waals surface area contributed by atoms with Gasteiger partial charge < -0.3 is 0 Å². The maximum absolute atomic E-state index is 13.4. The van der Waals surface area contributed by atoms with Crippen LogP contribution in [-0.4, -0.2) is 13.4 Å². The fraction of sp³-hybridized carbons (Fsp3) is 0.0833. The van der Waals surface area contributed by atoms with Crippen molar-refractivity contribution in [3.05, 3.63) is 53.7 Å². The van der Waals surface area contributed by atoms with Gasteiger partial charge in [0.2, 0.25) is 0 Å². The highest BCUT2D eigenvalue weighted by Crippen LogP contribution is 2.18. The van der Waals surface area contributed by atoms with E-state index in [1.807, 2.05) is 0 Å². The second-order valence-corrected chi connectivity index (χ2v) is 5.55. The molecule has 0 aliphatic heterocycles. The number of rotatable bonds is 3. The van der Waals surface area contributed by atoms with Gasteiger partial charge in [0.25, 0.3) is 10.0 Å². The van der Waals surface area contributed by atoms with Crippen molar-refractivity contribution in [2.24, 2.45) is 0 Å². The van der Waals surface area contributed by atoms with Crippen molar-refractivity contribution < 1.29 is 17.2 Å². The molecule has 1 aromatic carbocycles. The Morgan fingerprint density at radius 3 is 2.53 bits per heavy atom. The summed E-state index contributed by atoms with van der Waals surface area (Å²) < 4.78 is 52.2. The Balaban J connectivity index is 2.38. The molecule has 0 atom stereocenters. The van der Waals surface area contributed by atoms with Gasteiger partial charge in [-0.15, -0.1) is 0 Å². The number of benzene rings is 1. The van der Waals surface area contributed by atoms with E-state index in [9.17, 15) is 17.2 Å². The number of nitrogens with one attached hydrogen (secondary N) is 1. The van der Waals surface area contributed by atoms with E-state index in [-0.39, 0.29) is 5.82 Å². The third-order valence-corrected chi connectivity index (χ3v) is 3.73. The average molecular weight is 284 g/mol. The zero-order chi connectivity index (χ0) is 14.0. The Hall–Kier alpha value is -2.02. The first-order valence-corrected chi connectivity index (χ1v) is 6.77. The first-order chi connectivity index (χ1) is 8.88. The van der Waals surface area contributed by atoms with Gasteiger partial charge in [-0.05, 0) is 36.8 Å². The molecule has 0 saturated carbocycles. The van der Waals surface area contributed by atoms with Gasteiger partial charge in [-0.3, -0.25) is 4.72 Å².